The maximum atomic E-state index is 12.2. The lowest BCUT2D eigenvalue weighted by Crippen LogP contribution is -2.22. The molecule has 6 heteroatoms. The Bertz CT molecular complexity index is 955. The van der Waals surface area contributed by atoms with E-state index in [2.05, 4.69) is 20.5 Å². The highest BCUT2D eigenvalue weighted by molar-refractivity contribution is 5.95. The first-order valence-electron chi connectivity index (χ1n) is 7.53. The van der Waals surface area contributed by atoms with Crippen molar-refractivity contribution in [1.82, 2.24) is 20.5 Å². The monoisotopic (exact) mass is 318 g/mol. The van der Waals surface area contributed by atoms with Crippen LogP contribution in [0.25, 0.3) is 22.4 Å². The number of amides is 1. The fraction of sp³-hybridized carbons (Fsp3) is 0.0556. The van der Waals surface area contributed by atoms with E-state index in [0.717, 1.165) is 10.9 Å². The molecular formula is C18H14N4O2. The molecule has 0 radical (unpaired) electrons. The zero-order chi connectivity index (χ0) is 16.4. The molecule has 0 aliphatic heterocycles. The molecule has 6 nitrogen and oxygen atoms in total. The van der Waals surface area contributed by atoms with E-state index in [-0.39, 0.29) is 18.2 Å². The summed E-state index contributed by atoms with van der Waals surface area (Å²) in [6.45, 7) is 0.246. The maximum Gasteiger partial charge on any atom is 0.287 e. The van der Waals surface area contributed by atoms with Crippen LogP contribution in [0, 0.1) is 0 Å². The Balaban J connectivity index is 1.45. The van der Waals surface area contributed by atoms with Gasteiger partial charge in [-0.3, -0.25) is 9.89 Å². The Labute approximate surface area is 137 Å². The number of H-pyrrole nitrogens is 1. The second-order valence-corrected chi connectivity index (χ2v) is 5.30. The third-order valence-corrected chi connectivity index (χ3v) is 3.63. The van der Waals surface area contributed by atoms with Crippen LogP contribution in [0.15, 0.2) is 65.1 Å². The van der Waals surface area contributed by atoms with Gasteiger partial charge >= 0.3 is 0 Å². The molecule has 4 rings (SSSR count). The second-order valence-electron chi connectivity index (χ2n) is 5.30. The SMILES string of the molecule is O=C(NCc1nc(-c2ccccc2)n[nH]1)c1cc2ccccc2o1. The number of hydrogen-bond donors (Lipinski definition) is 2. The molecule has 0 fully saturated rings. The molecule has 0 aliphatic carbocycles. The molecular weight excluding hydrogens is 304 g/mol. The van der Waals surface area contributed by atoms with Gasteiger partial charge < -0.3 is 9.73 Å². The molecule has 0 bridgehead atoms. The predicted octanol–water partition coefficient (Wildman–Crippen LogP) is 3.15. The lowest BCUT2D eigenvalue weighted by molar-refractivity contribution is 0.0924. The lowest BCUT2D eigenvalue weighted by atomic mass is 10.2. The number of hydrogen-bond acceptors (Lipinski definition) is 4. The van der Waals surface area contributed by atoms with Crippen LogP contribution in [0.3, 0.4) is 0 Å². The molecule has 1 amide bonds. The third-order valence-electron chi connectivity index (χ3n) is 3.63. The number of furan rings is 1. The first-order chi connectivity index (χ1) is 11.8. The minimum Gasteiger partial charge on any atom is -0.451 e. The zero-order valence-electron chi connectivity index (χ0n) is 12.7. The van der Waals surface area contributed by atoms with Gasteiger partial charge in [0.2, 0.25) is 0 Å². The first-order valence-corrected chi connectivity index (χ1v) is 7.53. The summed E-state index contributed by atoms with van der Waals surface area (Å²) >= 11 is 0. The molecule has 0 saturated carbocycles. The average molecular weight is 318 g/mol. The summed E-state index contributed by atoms with van der Waals surface area (Å²) < 4.78 is 5.53. The van der Waals surface area contributed by atoms with Crippen molar-refractivity contribution in [2.75, 3.05) is 0 Å². The molecule has 0 atom stereocenters. The van der Waals surface area contributed by atoms with Gasteiger partial charge in [0.05, 0.1) is 6.54 Å². The molecule has 24 heavy (non-hydrogen) atoms. The largest absolute Gasteiger partial charge is 0.451 e. The molecule has 0 aliphatic rings. The number of carbonyl (C=O) groups is 1. The van der Waals surface area contributed by atoms with Crippen LogP contribution in [0.1, 0.15) is 16.4 Å². The van der Waals surface area contributed by atoms with E-state index in [4.69, 9.17) is 4.42 Å². The standard InChI is InChI=1S/C18H14N4O2/c23-18(15-10-13-8-4-5-9-14(13)24-15)19-11-16-20-17(22-21-16)12-6-2-1-3-7-12/h1-10H,11H2,(H,19,23)(H,20,21,22). The molecule has 0 saturated heterocycles. The molecule has 2 aromatic carbocycles. The van der Waals surface area contributed by atoms with Crippen LogP contribution in [0.5, 0.6) is 0 Å². The van der Waals surface area contributed by atoms with Gasteiger partial charge in [0.25, 0.3) is 5.91 Å². The van der Waals surface area contributed by atoms with Gasteiger partial charge in [-0.2, -0.15) is 5.10 Å². The van der Waals surface area contributed by atoms with E-state index in [9.17, 15) is 4.79 Å². The van der Waals surface area contributed by atoms with E-state index in [1.807, 2.05) is 54.6 Å². The van der Waals surface area contributed by atoms with Crippen LogP contribution >= 0.6 is 0 Å². The maximum absolute atomic E-state index is 12.2. The van der Waals surface area contributed by atoms with E-state index < -0.39 is 0 Å². The summed E-state index contributed by atoms with van der Waals surface area (Å²) in [6, 6.07) is 18.9. The minimum atomic E-state index is -0.288. The summed E-state index contributed by atoms with van der Waals surface area (Å²) in [4.78, 5) is 16.6. The van der Waals surface area contributed by atoms with E-state index in [1.54, 1.807) is 6.07 Å². The quantitative estimate of drug-likeness (QED) is 0.605. The van der Waals surface area contributed by atoms with Crippen LogP contribution in [0.4, 0.5) is 0 Å². The van der Waals surface area contributed by atoms with Gasteiger partial charge in [-0.05, 0) is 12.1 Å². The first kappa shape index (κ1) is 14.2. The number of nitrogens with one attached hydrogen (secondary N) is 2. The Kier molecular flexibility index (Phi) is 3.55. The van der Waals surface area contributed by atoms with Gasteiger partial charge in [0.15, 0.2) is 11.6 Å². The molecule has 2 heterocycles. The van der Waals surface area contributed by atoms with Gasteiger partial charge in [-0.25, -0.2) is 4.98 Å². The van der Waals surface area contributed by atoms with E-state index in [1.165, 1.54) is 0 Å². The van der Waals surface area contributed by atoms with Crippen molar-refractivity contribution in [1.29, 1.82) is 0 Å². The molecule has 0 spiro atoms. The molecule has 118 valence electrons. The van der Waals surface area contributed by atoms with Crippen molar-refractivity contribution in [3.63, 3.8) is 0 Å². The predicted molar refractivity (Wildman–Crippen MR) is 89.2 cm³/mol. The number of aromatic nitrogens is 3. The number of rotatable bonds is 4. The normalized spacial score (nSPS) is 10.8. The fourth-order valence-electron chi connectivity index (χ4n) is 2.44. The van der Waals surface area contributed by atoms with E-state index in [0.29, 0.717) is 17.2 Å². The van der Waals surface area contributed by atoms with Crippen molar-refractivity contribution < 1.29 is 9.21 Å². The highest BCUT2D eigenvalue weighted by Gasteiger charge is 2.13. The van der Waals surface area contributed by atoms with Crippen molar-refractivity contribution in [3.05, 3.63) is 72.2 Å². The summed E-state index contributed by atoms with van der Waals surface area (Å²) in [5.41, 5.74) is 1.61. The third kappa shape index (κ3) is 2.77. The molecule has 2 aromatic heterocycles. The molecule has 0 unspecified atom stereocenters. The van der Waals surface area contributed by atoms with Gasteiger partial charge in [-0.1, -0.05) is 48.5 Å². The van der Waals surface area contributed by atoms with Crippen LogP contribution < -0.4 is 5.32 Å². The van der Waals surface area contributed by atoms with Crippen LogP contribution in [-0.4, -0.2) is 21.1 Å². The summed E-state index contributed by atoms with van der Waals surface area (Å²) in [5, 5.41) is 10.7. The second kappa shape index (κ2) is 6.00. The number of benzene rings is 2. The van der Waals surface area contributed by atoms with Crippen molar-refractivity contribution in [2.24, 2.45) is 0 Å². The lowest BCUT2D eigenvalue weighted by Gasteiger charge is -1.99. The number of fused-ring (bicyclic) bond motifs is 1. The van der Waals surface area contributed by atoms with Crippen molar-refractivity contribution in [3.8, 4) is 11.4 Å². The Morgan fingerprint density at radius 2 is 1.88 bits per heavy atom. The van der Waals surface area contributed by atoms with Crippen molar-refractivity contribution >= 4 is 16.9 Å². The van der Waals surface area contributed by atoms with E-state index >= 15 is 0 Å². The van der Waals surface area contributed by atoms with Gasteiger partial charge in [0, 0.05) is 10.9 Å². The highest BCUT2D eigenvalue weighted by atomic mass is 16.3. The minimum absolute atomic E-state index is 0.246. The van der Waals surface area contributed by atoms with Crippen LogP contribution in [0.2, 0.25) is 0 Å². The summed E-state index contributed by atoms with van der Waals surface area (Å²) in [5.74, 6) is 1.17. The zero-order valence-corrected chi connectivity index (χ0v) is 12.7. The summed E-state index contributed by atoms with van der Waals surface area (Å²) in [6.07, 6.45) is 0. The number of carbonyl (C=O) groups excluding carboxylic acids is 1. The Morgan fingerprint density at radius 3 is 2.71 bits per heavy atom. The number of nitrogens with zero attached hydrogens (tertiary/aromatic N) is 2. The number of para-hydroxylation sites is 1. The fourth-order valence-corrected chi connectivity index (χ4v) is 2.44. The Morgan fingerprint density at radius 1 is 1.08 bits per heavy atom. The topological polar surface area (TPSA) is 83.8 Å². The van der Waals surface area contributed by atoms with Crippen molar-refractivity contribution in [2.45, 2.75) is 6.54 Å². The van der Waals surface area contributed by atoms with Crippen LogP contribution in [-0.2, 0) is 6.54 Å². The molecule has 2 N–H and O–H groups in total. The highest BCUT2D eigenvalue weighted by Crippen LogP contribution is 2.18. The Hall–Kier alpha value is -3.41. The molecule has 4 aromatic rings. The van der Waals surface area contributed by atoms with Gasteiger partial charge in [-0.15, -0.1) is 0 Å². The summed E-state index contributed by atoms with van der Waals surface area (Å²) in [7, 11) is 0. The average Bonchev–Trinajstić information content (AvgIpc) is 3.27. The van der Waals surface area contributed by atoms with Gasteiger partial charge in [0.1, 0.15) is 11.4 Å². The smallest absolute Gasteiger partial charge is 0.287 e. The number of aromatic amines is 1.